The van der Waals surface area contributed by atoms with Crippen molar-refractivity contribution in [2.75, 3.05) is 0 Å². The molecular formula is C16H17FN2OS. The van der Waals surface area contributed by atoms with Crippen LogP contribution in [-0.2, 0) is 11.5 Å². The SMILES string of the molecule is Cc1ccccc1CSCc1cccc(/C(N)=N/O)c1F. The Kier molecular flexibility index (Phi) is 5.22. The monoisotopic (exact) mass is 304 g/mol. The normalized spacial score (nSPS) is 11.6. The van der Waals surface area contributed by atoms with E-state index in [4.69, 9.17) is 10.9 Å². The standard InChI is InChI=1S/C16H17FN2OS/c1-11-5-2-3-6-12(11)9-21-10-13-7-4-8-14(15(13)17)16(18)19-20/h2-8,20H,9-10H2,1H3,(H2,18,19). The minimum absolute atomic E-state index is 0.131. The molecule has 0 radical (unpaired) electrons. The second-order valence-corrected chi connectivity index (χ2v) is 5.67. The van der Waals surface area contributed by atoms with Crippen molar-refractivity contribution >= 4 is 17.6 Å². The lowest BCUT2D eigenvalue weighted by atomic mass is 10.1. The van der Waals surface area contributed by atoms with Crippen molar-refractivity contribution in [2.24, 2.45) is 10.9 Å². The highest BCUT2D eigenvalue weighted by atomic mass is 32.2. The van der Waals surface area contributed by atoms with Gasteiger partial charge in [-0.1, -0.05) is 41.6 Å². The van der Waals surface area contributed by atoms with Crippen molar-refractivity contribution in [1.29, 1.82) is 0 Å². The van der Waals surface area contributed by atoms with Crippen molar-refractivity contribution in [1.82, 2.24) is 0 Å². The number of nitrogens with zero attached hydrogens (tertiary/aromatic N) is 1. The Balaban J connectivity index is 2.06. The first-order valence-corrected chi connectivity index (χ1v) is 7.66. The largest absolute Gasteiger partial charge is 0.409 e. The number of rotatable bonds is 5. The van der Waals surface area contributed by atoms with Gasteiger partial charge in [-0.2, -0.15) is 11.8 Å². The first kappa shape index (κ1) is 15.4. The molecule has 110 valence electrons. The van der Waals surface area contributed by atoms with Crippen LogP contribution in [0.1, 0.15) is 22.3 Å². The maximum Gasteiger partial charge on any atom is 0.173 e. The van der Waals surface area contributed by atoms with Gasteiger partial charge >= 0.3 is 0 Å². The molecule has 0 aliphatic rings. The third-order valence-corrected chi connectivity index (χ3v) is 4.27. The lowest BCUT2D eigenvalue weighted by Gasteiger charge is -2.08. The van der Waals surface area contributed by atoms with Crippen LogP contribution in [0, 0.1) is 12.7 Å². The van der Waals surface area contributed by atoms with Crippen molar-refractivity contribution in [3.63, 3.8) is 0 Å². The predicted molar refractivity (Wildman–Crippen MR) is 85.1 cm³/mol. The Labute approximate surface area is 127 Å². The molecule has 0 aromatic heterocycles. The summed E-state index contributed by atoms with van der Waals surface area (Å²) in [7, 11) is 0. The van der Waals surface area contributed by atoms with Gasteiger partial charge in [0.2, 0.25) is 0 Å². The Morgan fingerprint density at radius 2 is 1.81 bits per heavy atom. The maximum absolute atomic E-state index is 14.2. The summed E-state index contributed by atoms with van der Waals surface area (Å²) in [4.78, 5) is 0. The van der Waals surface area contributed by atoms with Crippen LogP contribution in [0.25, 0.3) is 0 Å². The Bertz CT molecular complexity index is 658. The van der Waals surface area contributed by atoms with E-state index in [0.717, 1.165) is 5.75 Å². The number of hydrogen-bond donors (Lipinski definition) is 2. The van der Waals surface area contributed by atoms with Gasteiger partial charge in [-0.25, -0.2) is 4.39 Å². The van der Waals surface area contributed by atoms with Crippen LogP contribution in [-0.4, -0.2) is 11.0 Å². The van der Waals surface area contributed by atoms with Crippen molar-refractivity contribution in [3.05, 3.63) is 70.5 Å². The van der Waals surface area contributed by atoms with Crippen LogP contribution in [0.4, 0.5) is 4.39 Å². The molecule has 0 fully saturated rings. The fourth-order valence-electron chi connectivity index (χ4n) is 1.99. The van der Waals surface area contributed by atoms with Gasteiger partial charge in [-0.15, -0.1) is 0 Å². The highest BCUT2D eigenvalue weighted by Gasteiger charge is 2.11. The third-order valence-electron chi connectivity index (χ3n) is 3.24. The predicted octanol–water partition coefficient (Wildman–Crippen LogP) is 3.66. The van der Waals surface area contributed by atoms with Gasteiger partial charge in [-0.05, 0) is 29.7 Å². The maximum atomic E-state index is 14.2. The molecule has 2 aromatic rings. The minimum Gasteiger partial charge on any atom is -0.409 e. The van der Waals surface area contributed by atoms with Crippen LogP contribution in [0.3, 0.4) is 0 Å². The number of oxime groups is 1. The quantitative estimate of drug-likeness (QED) is 0.383. The third kappa shape index (κ3) is 3.76. The van der Waals surface area contributed by atoms with Gasteiger partial charge in [-0.3, -0.25) is 0 Å². The number of benzene rings is 2. The molecule has 3 N–H and O–H groups in total. The molecule has 0 aliphatic heterocycles. The van der Waals surface area contributed by atoms with Crippen molar-refractivity contribution < 1.29 is 9.60 Å². The number of nitrogens with two attached hydrogens (primary N) is 1. The molecule has 0 spiro atoms. The summed E-state index contributed by atoms with van der Waals surface area (Å²) in [5.41, 5.74) is 8.62. The lowest BCUT2D eigenvalue weighted by Crippen LogP contribution is -2.15. The Morgan fingerprint density at radius 1 is 1.14 bits per heavy atom. The zero-order chi connectivity index (χ0) is 15.2. The van der Waals surface area contributed by atoms with Crippen molar-refractivity contribution in [3.8, 4) is 0 Å². The molecule has 0 saturated heterocycles. The number of aryl methyl sites for hydroxylation is 1. The first-order chi connectivity index (χ1) is 10.1. The first-order valence-electron chi connectivity index (χ1n) is 6.51. The molecule has 2 rings (SSSR count). The number of amidine groups is 1. The van der Waals surface area contributed by atoms with E-state index in [1.807, 2.05) is 12.1 Å². The molecule has 0 unspecified atom stereocenters. The van der Waals surface area contributed by atoms with E-state index in [0.29, 0.717) is 11.3 Å². The van der Waals surface area contributed by atoms with Crippen LogP contribution in [0.5, 0.6) is 0 Å². The van der Waals surface area contributed by atoms with E-state index >= 15 is 0 Å². The van der Waals surface area contributed by atoms with Gasteiger partial charge in [0.15, 0.2) is 5.84 Å². The summed E-state index contributed by atoms with van der Waals surface area (Å²) in [6, 6.07) is 13.1. The highest BCUT2D eigenvalue weighted by molar-refractivity contribution is 7.97. The van der Waals surface area contributed by atoms with Crippen LogP contribution in [0.15, 0.2) is 47.6 Å². The average molecular weight is 304 g/mol. The molecule has 21 heavy (non-hydrogen) atoms. The summed E-state index contributed by atoms with van der Waals surface area (Å²) in [6.45, 7) is 2.06. The van der Waals surface area contributed by atoms with Gasteiger partial charge in [0.1, 0.15) is 5.82 Å². The van der Waals surface area contributed by atoms with E-state index in [1.54, 1.807) is 23.9 Å². The summed E-state index contributed by atoms with van der Waals surface area (Å²) in [6.07, 6.45) is 0. The molecule has 5 heteroatoms. The topological polar surface area (TPSA) is 58.6 Å². The van der Waals surface area contributed by atoms with E-state index < -0.39 is 5.82 Å². The van der Waals surface area contributed by atoms with Crippen LogP contribution in [0.2, 0.25) is 0 Å². The van der Waals surface area contributed by atoms with Gasteiger partial charge in [0, 0.05) is 11.5 Å². The summed E-state index contributed by atoms with van der Waals surface area (Å²) in [5.74, 6) is 0.718. The Hall–Kier alpha value is -2.01. The van der Waals surface area contributed by atoms with Crippen LogP contribution < -0.4 is 5.73 Å². The summed E-state index contributed by atoms with van der Waals surface area (Å²) < 4.78 is 14.2. The average Bonchev–Trinajstić information content (AvgIpc) is 2.50. The molecule has 2 aromatic carbocycles. The Morgan fingerprint density at radius 3 is 2.52 bits per heavy atom. The molecule has 0 bridgehead atoms. The lowest BCUT2D eigenvalue weighted by molar-refractivity contribution is 0.318. The molecule has 3 nitrogen and oxygen atoms in total. The van der Waals surface area contributed by atoms with Gasteiger partial charge < -0.3 is 10.9 Å². The summed E-state index contributed by atoms with van der Waals surface area (Å²) >= 11 is 1.63. The molecule has 0 heterocycles. The number of halogens is 1. The number of thioether (sulfide) groups is 1. The zero-order valence-corrected chi connectivity index (χ0v) is 12.5. The minimum atomic E-state index is -0.426. The smallest absolute Gasteiger partial charge is 0.173 e. The van der Waals surface area contributed by atoms with E-state index in [2.05, 4.69) is 24.2 Å². The highest BCUT2D eigenvalue weighted by Crippen LogP contribution is 2.23. The zero-order valence-electron chi connectivity index (χ0n) is 11.7. The van der Waals surface area contributed by atoms with Crippen LogP contribution >= 0.6 is 11.8 Å². The fourth-order valence-corrected chi connectivity index (χ4v) is 3.07. The second kappa shape index (κ2) is 7.13. The fraction of sp³-hybridized carbons (Fsp3) is 0.188. The van der Waals surface area contributed by atoms with E-state index in [9.17, 15) is 4.39 Å². The van der Waals surface area contributed by atoms with E-state index in [-0.39, 0.29) is 11.4 Å². The van der Waals surface area contributed by atoms with E-state index in [1.165, 1.54) is 17.2 Å². The molecular weight excluding hydrogens is 287 g/mol. The molecule has 0 atom stereocenters. The summed E-state index contributed by atoms with van der Waals surface area (Å²) in [5, 5.41) is 11.5. The molecule has 0 aliphatic carbocycles. The van der Waals surface area contributed by atoms with Crippen molar-refractivity contribution in [2.45, 2.75) is 18.4 Å². The molecule has 0 saturated carbocycles. The van der Waals surface area contributed by atoms with Gasteiger partial charge in [0.05, 0.1) is 5.56 Å². The second-order valence-electron chi connectivity index (χ2n) is 4.68. The number of hydrogen-bond acceptors (Lipinski definition) is 3. The van der Waals surface area contributed by atoms with Gasteiger partial charge in [0.25, 0.3) is 0 Å². The molecule has 0 amide bonds.